The molecule has 0 saturated heterocycles. The number of aliphatic hydroxyl groups is 1. The van der Waals surface area contributed by atoms with Gasteiger partial charge in [-0.2, -0.15) is 0 Å². The summed E-state index contributed by atoms with van der Waals surface area (Å²) in [7, 11) is 1.23. The minimum absolute atomic E-state index is 0.0346. The van der Waals surface area contributed by atoms with Crippen molar-refractivity contribution in [2.24, 2.45) is 5.41 Å². The molecule has 0 aliphatic carbocycles. The summed E-state index contributed by atoms with van der Waals surface area (Å²) >= 11 is 0. The summed E-state index contributed by atoms with van der Waals surface area (Å²) in [4.78, 5) is 24.1. The molecule has 0 aliphatic heterocycles. The standard InChI is InChI=1S/C20H28O5/c1-19(2,3)18(22)20(23,14-17(21)24-4)12-8-9-13-25-15-16-10-6-5-7-11-16/h5-11,23H,12-15H2,1-4H3/b9-8+/t20-/m1/s1. The van der Waals surface area contributed by atoms with Crippen molar-refractivity contribution in [3.05, 3.63) is 48.0 Å². The third-order valence-electron chi connectivity index (χ3n) is 3.72. The van der Waals surface area contributed by atoms with Crippen LogP contribution in [0.2, 0.25) is 0 Å². The number of carbonyl (C=O) groups is 2. The Balaban J connectivity index is 2.59. The SMILES string of the molecule is COC(=O)C[C@](O)(C/C=C/COCc1ccccc1)C(=O)C(C)(C)C. The van der Waals surface area contributed by atoms with Crippen LogP contribution >= 0.6 is 0 Å². The van der Waals surface area contributed by atoms with Gasteiger partial charge in [-0.3, -0.25) is 9.59 Å². The zero-order valence-electron chi connectivity index (χ0n) is 15.5. The summed E-state index contributed by atoms with van der Waals surface area (Å²) in [6.45, 7) is 5.98. The lowest BCUT2D eigenvalue weighted by atomic mass is 9.77. The fraction of sp³-hybridized carbons (Fsp3) is 0.500. The van der Waals surface area contributed by atoms with Crippen molar-refractivity contribution in [1.29, 1.82) is 0 Å². The van der Waals surface area contributed by atoms with Gasteiger partial charge in [-0.1, -0.05) is 63.3 Å². The van der Waals surface area contributed by atoms with Crippen LogP contribution in [0.25, 0.3) is 0 Å². The Labute approximate surface area is 149 Å². The Morgan fingerprint density at radius 2 is 1.76 bits per heavy atom. The van der Waals surface area contributed by atoms with E-state index in [2.05, 4.69) is 4.74 Å². The molecule has 5 nitrogen and oxygen atoms in total. The molecule has 0 fully saturated rings. The summed E-state index contributed by atoms with van der Waals surface area (Å²) in [5.74, 6) is -1.01. The van der Waals surface area contributed by atoms with E-state index in [1.54, 1.807) is 32.9 Å². The second-order valence-electron chi connectivity index (χ2n) is 7.04. The molecule has 0 aromatic heterocycles. The van der Waals surface area contributed by atoms with Crippen LogP contribution in [-0.2, 0) is 25.7 Å². The van der Waals surface area contributed by atoms with Crippen LogP contribution in [0.15, 0.2) is 42.5 Å². The number of ether oxygens (including phenoxy) is 2. The van der Waals surface area contributed by atoms with Gasteiger partial charge in [0.15, 0.2) is 5.78 Å². The first-order chi connectivity index (χ1) is 11.7. The van der Waals surface area contributed by atoms with E-state index < -0.39 is 17.0 Å². The highest BCUT2D eigenvalue weighted by Gasteiger charge is 2.43. The van der Waals surface area contributed by atoms with Gasteiger partial charge in [0.2, 0.25) is 0 Å². The van der Waals surface area contributed by atoms with Crippen LogP contribution in [0.1, 0.15) is 39.2 Å². The van der Waals surface area contributed by atoms with Crippen LogP contribution in [0, 0.1) is 5.41 Å². The van der Waals surface area contributed by atoms with E-state index in [4.69, 9.17) is 4.74 Å². The van der Waals surface area contributed by atoms with Crippen molar-refractivity contribution >= 4 is 11.8 Å². The molecule has 0 spiro atoms. The highest BCUT2D eigenvalue weighted by Crippen LogP contribution is 2.29. The average molecular weight is 348 g/mol. The van der Waals surface area contributed by atoms with E-state index in [-0.39, 0.29) is 18.6 Å². The van der Waals surface area contributed by atoms with Crippen molar-refractivity contribution < 1.29 is 24.2 Å². The quantitative estimate of drug-likeness (QED) is 0.422. The summed E-state index contributed by atoms with van der Waals surface area (Å²) in [5.41, 5.74) is -1.47. The van der Waals surface area contributed by atoms with Gasteiger partial charge in [-0.25, -0.2) is 0 Å². The van der Waals surface area contributed by atoms with Gasteiger partial charge in [-0.05, 0) is 5.56 Å². The van der Waals surface area contributed by atoms with Crippen LogP contribution in [0.3, 0.4) is 0 Å². The first-order valence-electron chi connectivity index (χ1n) is 8.30. The third kappa shape index (κ3) is 7.20. The predicted molar refractivity (Wildman–Crippen MR) is 95.9 cm³/mol. The molecule has 0 aliphatic rings. The highest BCUT2D eigenvalue weighted by atomic mass is 16.5. The number of benzene rings is 1. The minimum atomic E-state index is -1.78. The van der Waals surface area contributed by atoms with E-state index >= 15 is 0 Å². The lowest BCUT2D eigenvalue weighted by Gasteiger charge is -2.31. The highest BCUT2D eigenvalue weighted by molar-refractivity contribution is 5.94. The normalized spacial score (nSPS) is 14.3. The van der Waals surface area contributed by atoms with Crippen LogP contribution in [0.5, 0.6) is 0 Å². The first-order valence-corrected chi connectivity index (χ1v) is 8.30. The molecule has 0 amide bonds. The summed E-state index contributed by atoms with van der Waals surface area (Å²) in [6, 6.07) is 9.78. The molecule has 0 heterocycles. The van der Waals surface area contributed by atoms with Crippen molar-refractivity contribution in [2.75, 3.05) is 13.7 Å². The molecule has 1 aromatic rings. The number of rotatable bonds is 9. The van der Waals surface area contributed by atoms with Crippen molar-refractivity contribution in [1.82, 2.24) is 0 Å². The molecule has 0 bridgehead atoms. The minimum Gasteiger partial charge on any atom is -0.469 e. The number of hydrogen-bond donors (Lipinski definition) is 1. The second kappa shape index (κ2) is 9.49. The largest absolute Gasteiger partial charge is 0.469 e. The molecule has 0 saturated carbocycles. The Bertz CT molecular complexity index is 586. The zero-order chi connectivity index (χ0) is 18.9. The van der Waals surface area contributed by atoms with Gasteiger partial charge in [-0.15, -0.1) is 0 Å². The Morgan fingerprint density at radius 3 is 2.32 bits per heavy atom. The zero-order valence-corrected chi connectivity index (χ0v) is 15.5. The van der Waals surface area contributed by atoms with Gasteiger partial charge in [0.1, 0.15) is 5.60 Å². The van der Waals surface area contributed by atoms with E-state index in [1.807, 2.05) is 30.3 Å². The lowest BCUT2D eigenvalue weighted by molar-refractivity contribution is -0.157. The monoisotopic (exact) mass is 348 g/mol. The van der Waals surface area contributed by atoms with E-state index in [0.29, 0.717) is 13.2 Å². The number of hydrogen-bond acceptors (Lipinski definition) is 5. The van der Waals surface area contributed by atoms with Gasteiger partial charge >= 0.3 is 5.97 Å². The Morgan fingerprint density at radius 1 is 1.12 bits per heavy atom. The third-order valence-corrected chi connectivity index (χ3v) is 3.72. The molecule has 1 N–H and O–H groups in total. The molecule has 5 heteroatoms. The smallest absolute Gasteiger partial charge is 0.308 e. The van der Waals surface area contributed by atoms with Crippen molar-refractivity contribution in [2.45, 2.75) is 45.8 Å². The summed E-state index contributed by atoms with van der Waals surface area (Å²) < 4.78 is 10.1. The van der Waals surface area contributed by atoms with Crippen molar-refractivity contribution in [3.63, 3.8) is 0 Å². The maximum Gasteiger partial charge on any atom is 0.308 e. The molecular weight excluding hydrogens is 320 g/mol. The van der Waals surface area contributed by atoms with Gasteiger partial charge in [0.25, 0.3) is 0 Å². The predicted octanol–water partition coefficient (Wildman–Crippen LogP) is 3.06. The fourth-order valence-electron chi connectivity index (χ4n) is 2.42. The van der Waals surface area contributed by atoms with Gasteiger partial charge in [0.05, 0.1) is 26.7 Å². The van der Waals surface area contributed by atoms with E-state index in [1.165, 1.54) is 7.11 Å². The number of esters is 1. The summed E-state index contributed by atoms with van der Waals surface area (Å²) in [6.07, 6.45) is 3.07. The fourth-order valence-corrected chi connectivity index (χ4v) is 2.42. The van der Waals surface area contributed by atoms with Gasteiger partial charge < -0.3 is 14.6 Å². The molecule has 1 rings (SSSR count). The van der Waals surface area contributed by atoms with Gasteiger partial charge in [0, 0.05) is 11.8 Å². The maximum atomic E-state index is 12.5. The lowest BCUT2D eigenvalue weighted by Crippen LogP contribution is -2.46. The molecule has 1 atom stereocenters. The maximum absolute atomic E-state index is 12.5. The summed E-state index contributed by atoms with van der Waals surface area (Å²) in [5, 5.41) is 10.7. The number of Topliss-reactive ketones (excluding diaryl/α,β-unsaturated/α-hetero) is 1. The number of methoxy groups -OCH3 is 1. The second-order valence-corrected chi connectivity index (χ2v) is 7.04. The number of carbonyl (C=O) groups excluding carboxylic acids is 2. The van der Waals surface area contributed by atoms with Crippen LogP contribution in [-0.4, -0.2) is 36.2 Å². The number of ketones is 1. The molecule has 0 unspecified atom stereocenters. The Hall–Kier alpha value is -1.98. The van der Waals surface area contributed by atoms with Crippen LogP contribution in [0.4, 0.5) is 0 Å². The molecule has 0 radical (unpaired) electrons. The first kappa shape index (κ1) is 21.1. The van der Waals surface area contributed by atoms with Crippen LogP contribution < -0.4 is 0 Å². The van der Waals surface area contributed by atoms with E-state index in [0.717, 1.165) is 5.56 Å². The average Bonchev–Trinajstić information content (AvgIpc) is 2.57. The molecular formula is C20H28O5. The molecule has 1 aromatic carbocycles. The van der Waals surface area contributed by atoms with Crippen molar-refractivity contribution in [3.8, 4) is 0 Å². The molecule has 138 valence electrons. The van der Waals surface area contributed by atoms with E-state index in [9.17, 15) is 14.7 Å². The molecule has 25 heavy (non-hydrogen) atoms. The Kier molecular flexibility index (Phi) is 8.00. The topological polar surface area (TPSA) is 72.8 Å².